The lowest BCUT2D eigenvalue weighted by atomic mass is 9.98. The minimum atomic E-state index is -0.346. The Morgan fingerprint density at radius 2 is 0.796 bits per heavy atom. The molecular weight excluding hydrogens is 599 g/mol. The first-order chi connectivity index (χ1) is 24.1. The third kappa shape index (κ3) is 27.2. The first-order valence-corrected chi connectivity index (χ1v) is 21.7. The van der Waals surface area contributed by atoms with E-state index in [-0.39, 0.29) is 18.0 Å². The highest BCUT2D eigenvalue weighted by atomic mass is 16.8. The number of ether oxygens (including phenoxy) is 2. The van der Waals surface area contributed by atoms with Crippen LogP contribution in [0.25, 0.3) is 0 Å². The zero-order chi connectivity index (χ0) is 35.5. The van der Waals surface area contributed by atoms with E-state index in [4.69, 9.17) is 9.47 Å². The van der Waals surface area contributed by atoms with Gasteiger partial charge < -0.3 is 14.4 Å². The van der Waals surface area contributed by atoms with Crippen LogP contribution in [0.5, 0.6) is 0 Å². The quantitative estimate of drug-likeness (QED) is 0.0490. The van der Waals surface area contributed by atoms with Crippen LogP contribution in [0.2, 0.25) is 0 Å². The van der Waals surface area contributed by atoms with Crippen molar-refractivity contribution < 1.29 is 9.47 Å². The van der Waals surface area contributed by atoms with E-state index >= 15 is 0 Å². The molecule has 1 saturated heterocycles. The predicted octanol–water partition coefficient (Wildman–Crippen LogP) is 14.6. The molecule has 0 radical (unpaired) electrons. The highest BCUT2D eigenvalue weighted by Gasteiger charge is 2.45. The third-order valence-corrected chi connectivity index (χ3v) is 10.1. The van der Waals surface area contributed by atoms with Crippen LogP contribution in [-0.4, -0.2) is 43.5 Å². The number of hydrogen-bond acceptors (Lipinski definition) is 3. The minimum absolute atomic E-state index is 0.247. The van der Waals surface area contributed by atoms with E-state index in [9.17, 15) is 0 Å². The Balaban J connectivity index is 2.33. The normalized spacial score (nSPS) is 20.1. The van der Waals surface area contributed by atoms with Crippen LogP contribution in [0.4, 0.5) is 0 Å². The summed E-state index contributed by atoms with van der Waals surface area (Å²) in [5, 5.41) is 0. The fourth-order valence-corrected chi connectivity index (χ4v) is 7.02. The molecule has 49 heavy (non-hydrogen) atoms. The Morgan fingerprint density at radius 3 is 1.18 bits per heavy atom. The van der Waals surface area contributed by atoms with E-state index < -0.39 is 0 Å². The average Bonchev–Trinajstić information content (AvgIpc) is 3.44. The molecule has 1 fully saturated rings. The second-order valence-electron chi connectivity index (χ2n) is 15.3. The molecule has 2 atom stereocenters. The second-order valence-corrected chi connectivity index (χ2v) is 15.3. The van der Waals surface area contributed by atoms with E-state index in [2.05, 4.69) is 88.4 Å². The molecule has 3 nitrogen and oxygen atoms in total. The van der Waals surface area contributed by atoms with Gasteiger partial charge in [-0.05, 0) is 104 Å². The minimum Gasteiger partial charge on any atom is -0.344 e. The van der Waals surface area contributed by atoms with Crippen molar-refractivity contribution in [3.63, 3.8) is 0 Å². The predicted molar refractivity (Wildman–Crippen MR) is 219 cm³/mol. The monoisotopic (exact) mass is 684 g/mol. The summed E-state index contributed by atoms with van der Waals surface area (Å²) in [6.45, 7) is 7.90. The number of hydrogen-bond donors (Lipinski definition) is 0. The van der Waals surface area contributed by atoms with Crippen LogP contribution in [0.15, 0.2) is 48.6 Å². The number of unbranched alkanes of at least 4 members (excludes halogenated alkanes) is 18. The molecule has 0 aromatic carbocycles. The molecule has 0 amide bonds. The molecule has 0 spiro atoms. The molecule has 0 aromatic rings. The van der Waals surface area contributed by atoms with E-state index in [1.807, 2.05) is 0 Å². The maximum absolute atomic E-state index is 6.94. The van der Waals surface area contributed by atoms with Crippen LogP contribution < -0.4 is 0 Å². The number of rotatable bonds is 35. The largest absolute Gasteiger partial charge is 0.344 e. The van der Waals surface area contributed by atoms with Crippen molar-refractivity contribution in [2.45, 2.75) is 225 Å². The molecule has 0 aromatic heterocycles. The summed E-state index contributed by atoms with van der Waals surface area (Å²) < 4.78 is 13.9. The van der Waals surface area contributed by atoms with Gasteiger partial charge >= 0.3 is 0 Å². The van der Waals surface area contributed by atoms with Gasteiger partial charge in [-0.25, -0.2) is 0 Å². The van der Waals surface area contributed by atoms with Gasteiger partial charge in [-0.2, -0.15) is 0 Å². The Bertz CT molecular complexity index is 764. The zero-order valence-corrected chi connectivity index (χ0v) is 33.8. The molecule has 0 aliphatic carbocycles. The van der Waals surface area contributed by atoms with Gasteiger partial charge in [0.1, 0.15) is 0 Å². The summed E-state index contributed by atoms with van der Waals surface area (Å²) in [5.41, 5.74) is 0. The fourth-order valence-electron chi connectivity index (χ4n) is 7.02. The van der Waals surface area contributed by atoms with Crippen molar-refractivity contribution in [2.75, 3.05) is 20.6 Å². The lowest BCUT2D eigenvalue weighted by molar-refractivity contribution is -0.187. The average molecular weight is 684 g/mol. The molecular formula is C46H85NO2. The van der Waals surface area contributed by atoms with Crippen LogP contribution >= 0.6 is 0 Å². The third-order valence-electron chi connectivity index (χ3n) is 10.1. The van der Waals surface area contributed by atoms with E-state index in [1.165, 1.54) is 148 Å². The summed E-state index contributed by atoms with van der Waals surface area (Å²) in [5.74, 6) is -0.346. The maximum atomic E-state index is 6.94. The van der Waals surface area contributed by atoms with Crippen LogP contribution in [0.1, 0.15) is 207 Å². The molecule has 3 heteroatoms. The molecule has 0 saturated carbocycles. The SMILES string of the molecule is CCCCCC=CCC=CCCCCCCCCC1(CCCCCCCCC=CCC=CCCCCC)OC(CCC)C(CCN(C)C)O1. The van der Waals surface area contributed by atoms with Gasteiger partial charge in [0.25, 0.3) is 0 Å². The summed E-state index contributed by atoms with van der Waals surface area (Å²) in [6.07, 6.45) is 55.9. The molecule has 286 valence electrons. The summed E-state index contributed by atoms with van der Waals surface area (Å²) >= 11 is 0. The van der Waals surface area contributed by atoms with Crippen molar-refractivity contribution in [1.29, 1.82) is 0 Å². The number of allylic oxidation sites excluding steroid dienone is 8. The smallest absolute Gasteiger partial charge is 0.169 e. The second kappa shape index (κ2) is 34.0. The Hall–Kier alpha value is -1.16. The molecule has 0 N–H and O–H groups in total. The van der Waals surface area contributed by atoms with E-state index in [1.54, 1.807) is 0 Å². The van der Waals surface area contributed by atoms with Gasteiger partial charge in [0, 0.05) is 19.4 Å². The van der Waals surface area contributed by atoms with Crippen LogP contribution in [0.3, 0.4) is 0 Å². The zero-order valence-electron chi connectivity index (χ0n) is 33.8. The van der Waals surface area contributed by atoms with Gasteiger partial charge in [0.05, 0.1) is 12.2 Å². The number of nitrogens with zero attached hydrogens (tertiary/aromatic N) is 1. The summed E-state index contributed by atoms with van der Waals surface area (Å²) in [7, 11) is 4.35. The molecule has 2 unspecified atom stereocenters. The molecule has 0 bridgehead atoms. The first kappa shape index (κ1) is 45.9. The topological polar surface area (TPSA) is 21.7 Å². The fraction of sp³-hybridized carbons (Fsp3) is 0.826. The molecule has 1 aliphatic rings. The van der Waals surface area contributed by atoms with Crippen molar-refractivity contribution in [3.05, 3.63) is 48.6 Å². The lowest BCUT2D eigenvalue weighted by Crippen LogP contribution is -2.31. The Kier molecular flexibility index (Phi) is 31.8. The van der Waals surface area contributed by atoms with Crippen molar-refractivity contribution >= 4 is 0 Å². The maximum Gasteiger partial charge on any atom is 0.169 e. The van der Waals surface area contributed by atoms with Gasteiger partial charge in [0.2, 0.25) is 0 Å². The van der Waals surface area contributed by atoms with E-state index in [0.29, 0.717) is 0 Å². The standard InChI is InChI=1S/C46H85NO2/c1-6-9-11-13-15-17-19-21-23-25-27-29-31-33-35-37-41-46(48-44(39-8-3)45(49-46)40-43-47(4)5)42-38-36-34-32-30-28-26-24-22-20-18-16-14-12-10-7-2/h15-18,21-24,44-45H,6-14,19-20,25-43H2,1-5H3. The lowest BCUT2D eigenvalue weighted by Gasteiger charge is -2.29. The van der Waals surface area contributed by atoms with Gasteiger partial charge in [0.15, 0.2) is 5.79 Å². The van der Waals surface area contributed by atoms with Gasteiger partial charge in [-0.1, -0.05) is 153 Å². The van der Waals surface area contributed by atoms with Crippen molar-refractivity contribution in [3.8, 4) is 0 Å². The van der Waals surface area contributed by atoms with Gasteiger partial charge in [-0.3, -0.25) is 0 Å². The van der Waals surface area contributed by atoms with Crippen LogP contribution in [0, 0.1) is 0 Å². The van der Waals surface area contributed by atoms with Crippen LogP contribution in [-0.2, 0) is 9.47 Å². The highest BCUT2D eigenvalue weighted by Crippen LogP contribution is 2.40. The summed E-state index contributed by atoms with van der Waals surface area (Å²) in [4.78, 5) is 2.29. The molecule has 1 aliphatic heterocycles. The molecule has 1 rings (SSSR count). The Morgan fingerprint density at radius 1 is 0.429 bits per heavy atom. The van der Waals surface area contributed by atoms with Gasteiger partial charge in [-0.15, -0.1) is 0 Å². The van der Waals surface area contributed by atoms with E-state index in [0.717, 1.165) is 45.1 Å². The highest BCUT2D eigenvalue weighted by molar-refractivity contribution is 4.93. The van der Waals surface area contributed by atoms with Crippen molar-refractivity contribution in [1.82, 2.24) is 4.90 Å². The Labute approximate surface area is 307 Å². The molecule has 1 heterocycles. The first-order valence-electron chi connectivity index (χ1n) is 21.7. The van der Waals surface area contributed by atoms with Crippen molar-refractivity contribution in [2.24, 2.45) is 0 Å². The summed E-state index contributed by atoms with van der Waals surface area (Å²) in [6, 6.07) is 0.